The van der Waals surface area contributed by atoms with Crippen LogP contribution in [0.4, 0.5) is 5.69 Å². The van der Waals surface area contributed by atoms with E-state index in [9.17, 15) is 4.79 Å². The van der Waals surface area contributed by atoms with Crippen LogP contribution < -0.4 is 5.32 Å². The van der Waals surface area contributed by atoms with Gasteiger partial charge in [-0.25, -0.2) is 9.67 Å². The molecule has 1 aromatic carbocycles. The van der Waals surface area contributed by atoms with Gasteiger partial charge in [0.05, 0.1) is 0 Å². The number of hydrogen-bond acceptors (Lipinski definition) is 4. The second-order valence-corrected chi connectivity index (χ2v) is 6.19. The summed E-state index contributed by atoms with van der Waals surface area (Å²) in [7, 11) is 0. The molecule has 110 valence electrons. The summed E-state index contributed by atoms with van der Waals surface area (Å²) < 4.78 is 1.49. The second-order valence-electron chi connectivity index (χ2n) is 5.75. The summed E-state index contributed by atoms with van der Waals surface area (Å²) in [6.45, 7) is 5.60. The van der Waals surface area contributed by atoms with E-state index in [0.717, 1.165) is 5.69 Å². The Morgan fingerprint density at radius 1 is 1.29 bits per heavy atom. The first kappa shape index (κ1) is 15.3. The van der Waals surface area contributed by atoms with E-state index in [1.807, 2.05) is 51.1 Å². The van der Waals surface area contributed by atoms with Crippen molar-refractivity contribution in [1.82, 2.24) is 14.8 Å². The Morgan fingerprint density at radius 3 is 2.48 bits per heavy atom. The van der Waals surface area contributed by atoms with Crippen molar-refractivity contribution in [2.75, 3.05) is 5.32 Å². The third-order valence-corrected chi connectivity index (χ3v) is 3.30. The average molecular weight is 302 g/mol. The fraction of sp³-hybridized carbons (Fsp3) is 0.333. The van der Waals surface area contributed by atoms with Crippen molar-refractivity contribution >= 4 is 28.7 Å². The van der Waals surface area contributed by atoms with Gasteiger partial charge in [-0.1, -0.05) is 51.2 Å². The van der Waals surface area contributed by atoms with E-state index in [0.29, 0.717) is 4.99 Å². The molecule has 0 aliphatic carbocycles. The van der Waals surface area contributed by atoms with Crippen LogP contribution in [-0.2, 0) is 4.79 Å². The van der Waals surface area contributed by atoms with Gasteiger partial charge in [0.2, 0.25) is 0 Å². The summed E-state index contributed by atoms with van der Waals surface area (Å²) in [6.07, 6.45) is 2.90. The van der Waals surface area contributed by atoms with Crippen molar-refractivity contribution in [2.45, 2.75) is 26.8 Å². The molecule has 0 unspecified atom stereocenters. The van der Waals surface area contributed by atoms with Gasteiger partial charge in [0.25, 0.3) is 0 Å². The minimum atomic E-state index is -0.664. The molecular weight excluding hydrogens is 284 g/mol. The fourth-order valence-electron chi connectivity index (χ4n) is 1.85. The first-order valence-electron chi connectivity index (χ1n) is 6.64. The van der Waals surface area contributed by atoms with Crippen molar-refractivity contribution in [3.05, 3.63) is 43.0 Å². The van der Waals surface area contributed by atoms with Gasteiger partial charge >= 0.3 is 0 Å². The molecule has 0 aliphatic heterocycles. The van der Waals surface area contributed by atoms with Crippen LogP contribution in [0.15, 0.2) is 43.0 Å². The number of ketones is 1. The number of aromatic nitrogens is 3. The number of anilines is 1. The maximum Gasteiger partial charge on any atom is 0.169 e. The lowest BCUT2D eigenvalue weighted by atomic mass is 9.86. The van der Waals surface area contributed by atoms with E-state index in [-0.39, 0.29) is 5.78 Å². The van der Waals surface area contributed by atoms with E-state index >= 15 is 0 Å². The van der Waals surface area contributed by atoms with Crippen LogP contribution in [0, 0.1) is 5.41 Å². The van der Waals surface area contributed by atoms with E-state index < -0.39 is 11.5 Å². The molecule has 0 amide bonds. The normalized spacial score (nSPS) is 12.7. The zero-order valence-electron chi connectivity index (χ0n) is 12.3. The van der Waals surface area contributed by atoms with Crippen molar-refractivity contribution in [2.24, 2.45) is 5.41 Å². The maximum absolute atomic E-state index is 12.7. The largest absolute Gasteiger partial charge is 0.348 e. The van der Waals surface area contributed by atoms with E-state index in [2.05, 4.69) is 15.4 Å². The Bertz CT molecular complexity index is 617. The molecule has 0 bridgehead atoms. The smallest absolute Gasteiger partial charge is 0.169 e. The van der Waals surface area contributed by atoms with Crippen LogP contribution in [0.5, 0.6) is 0 Å². The highest BCUT2D eigenvalue weighted by atomic mass is 32.1. The zero-order valence-corrected chi connectivity index (χ0v) is 13.1. The SMILES string of the molecule is CC(C)(C)C(=O)[C@@H](C(=S)Nc1ccccc1)n1cncn1. The number of para-hydroxylation sites is 1. The number of nitrogens with zero attached hydrogens (tertiary/aromatic N) is 3. The van der Waals surface area contributed by atoms with Crippen molar-refractivity contribution < 1.29 is 4.79 Å². The van der Waals surface area contributed by atoms with Gasteiger partial charge in [-0.2, -0.15) is 5.10 Å². The summed E-state index contributed by atoms with van der Waals surface area (Å²) >= 11 is 5.43. The molecule has 1 atom stereocenters. The molecule has 0 spiro atoms. The predicted octanol–water partition coefficient (Wildman–Crippen LogP) is 2.87. The second kappa shape index (κ2) is 6.13. The zero-order chi connectivity index (χ0) is 15.5. The lowest BCUT2D eigenvalue weighted by Crippen LogP contribution is -2.38. The van der Waals surface area contributed by atoms with Gasteiger partial charge in [0.1, 0.15) is 17.6 Å². The quantitative estimate of drug-likeness (QED) is 0.880. The van der Waals surface area contributed by atoms with E-state index in [4.69, 9.17) is 12.2 Å². The molecule has 0 aliphatic rings. The number of hydrogen-bond donors (Lipinski definition) is 1. The van der Waals surface area contributed by atoms with Crippen LogP contribution in [0.1, 0.15) is 26.8 Å². The molecule has 1 aromatic heterocycles. The fourth-order valence-corrected chi connectivity index (χ4v) is 2.19. The van der Waals surface area contributed by atoms with Crippen LogP contribution in [0.2, 0.25) is 0 Å². The molecule has 1 N–H and O–H groups in total. The van der Waals surface area contributed by atoms with Gasteiger partial charge in [-0.05, 0) is 12.1 Å². The first-order valence-corrected chi connectivity index (χ1v) is 7.05. The number of benzene rings is 1. The summed E-state index contributed by atoms with van der Waals surface area (Å²) in [5.74, 6) is -0.0126. The Hall–Kier alpha value is -2.08. The molecule has 1 heterocycles. The van der Waals surface area contributed by atoms with Crippen LogP contribution in [0.3, 0.4) is 0 Å². The monoisotopic (exact) mass is 302 g/mol. The number of Topliss-reactive ketones (excluding diaryl/α,β-unsaturated/α-hetero) is 1. The Balaban J connectivity index is 2.28. The summed E-state index contributed by atoms with van der Waals surface area (Å²) in [5.41, 5.74) is 0.313. The molecule has 0 radical (unpaired) electrons. The first-order chi connectivity index (χ1) is 9.89. The molecule has 2 rings (SSSR count). The highest BCUT2D eigenvalue weighted by molar-refractivity contribution is 7.80. The topological polar surface area (TPSA) is 59.8 Å². The van der Waals surface area contributed by atoms with Crippen molar-refractivity contribution in [3.63, 3.8) is 0 Å². The molecule has 5 nitrogen and oxygen atoms in total. The molecule has 0 fully saturated rings. The lowest BCUT2D eigenvalue weighted by Gasteiger charge is -2.25. The van der Waals surface area contributed by atoms with Gasteiger partial charge < -0.3 is 5.32 Å². The van der Waals surface area contributed by atoms with E-state index in [1.165, 1.54) is 17.3 Å². The van der Waals surface area contributed by atoms with Gasteiger partial charge in [-0.15, -0.1) is 0 Å². The van der Waals surface area contributed by atoms with Crippen molar-refractivity contribution in [1.29, 1.82) is 0 Å². The number of thiocarbonyl (C=S) groups is 1. The highest BCUT2D eigenvalue weighted by Crippen LogP contribution is 2.25. The Kier molecular flexibility index (Phi) is 4.47. The van der Waals surface area contributed by atoms with E-state index in [1.54, 1.807) is 0 Å². The van der Waals surface area contributed by atoms with Crippen molar-refractivity contribution in [3.8, 4) is 0 Å². The highest BCUT2D eigenvalue weighted by Gasteiger charge is 2.34. The molecule has 0 saturated heterocycles. The third kappa shape index (κ3) is 3.72. The van der Waals surface area contributed by atoms with Crippen LogP contribution >= 0.6 is 12.2 Å². The molecule has 6 heteroatoms. The number of rotatable bonds is 4. The Labute approximate surface area is 129 Å². The van der Waals surface area contributed by atoms with Gasteiger partial charge in [0.15, 0.2) is 11.8 Å². The molecule has 0 saturated carbocycles. The minimum Gasteiger partial charge on any atom is -0.348 e. The summed E-state index contributed by atoms with van der Waals surface area (Å²) in [5, 5.41) is 7.18. The minimum absolute atomic E-state index is 0.0126. The van der Waals surface area contributed by atoms with Gasteiger partial charge in [0, 0.05) is 11.1 Å². The number of nitrogens with one attached hydrogen (secondary N) is 1. The standard InChI is InChI=1S/C15H18N4OS/c1-15(2,3)13(20)12(19-10-16-9-17-19)14(21)18-11-7-5-4-6-8-11/h4-10,12H,1-3H3,(H,18,21)/t12-/m0/s1. The number of carbonyl (C=O) groups excluding carboxylic acids is 1. The Morgan fingerprint density at radius 2 is 1.95 bits per heavy atom. The lowest BCUT2D eigenvalue weighted by molar-refractivity contribution is -0.127. The van der Waals surface area contributed by atoms with Crippen LogP contribution in [0.25, 0.3) is 0 Å². The number of carbonyl (C=O) groups is 1. The third-order valence-electron chi connectivity index (χ3n) is 2.98. The van der Waals surface area contributed by atoms with Gasteiger partial charge in [-0.3, -0.25) is 4.79 Å². The predicted molar refractivity (Wildman–Crippen MR) is 86.2 cm³/mol. The average Bonchev–Trinajstić information content (AvgIpc) is 2.92. The molecule has 2 aromatic rings. The summed E-state index contributed by atoms with van der Waals surface area (Å²) in [4.78, 5) is 17.0. The molecule has 21 heavy (non-hydrogen) atoms. The van der Waals surface area contributed by atoms with Crippen LogP contribution in [-0.4, -0.2) is 25.5 Å². The summed E-state index contributed by atoms with van der Waals surface area (Å²) in [6, 6.07) is 8.85. The maximum atomic E-state index is 12.7. The molecular formula is C15H18N4OS.